The summed E-state index contributed by atoms with van der Waals surface area (Å²) < 4.78 is 11.2. The van der Waals surface area contributed by atoms with E-state index in [-0.39, 0.29) is 12.0 Å². The lowest BCUT2D eigenvalue weighted by Crippen LogP contribution is -2.28. The van der Waals surface area contributed by atoms with Crippen LogP contribution in [0.5, 0.6) is 5.75 Å². The fourth-order valence-electron chi connectivity index (χ4n) is 2.67. The van der Waals surface area contributed by atoms with Crippen molar-refractivity contribution in [1.29, 1.82) is 0 Å². The molecule has 0 radical (unpaired) electrons. The summed E-state index contributed by atoms with van der Waals surface area (Å²) in [4.78, 5) is 16.3. The number of nitrogens with one attached hydrogen (secondary N) is 2. The van der Waals surface area contributed by atoms with Crippen LogP contribution in [0.15, 0.2) is 36.5 Å². The lowest BCUT2D eigenvalue weighted by atomic mass is 10.2. The van der Waals surface area contributed by atoms with Gasteiger partial charge in [0.2, 0.25) is 0 Å². The van der Waals surface area contributed by atoms with Crippen molar-refractivity contribution in [3.05, 3.63) is 52.1 Å². The molecule has 2 heterocycles. The molecular weight excluding hydrogens is 389 g/mol. The van der Waals surface area contributed by atoms with Crippen molar-refractivity contribution in [2.75, 3.05) is 31.6 Å². The highest BCUT2D eigenvalue weighted by atomic mass is 35.5. The van der Waals surface area contributed by atoms with E-state index in [2.05, 4.69) is 15.6 Å². The van der Waals surface area contributed by atoms with Crippen LogP contribution in [0, 0.1) is 0 Å². The second-order valence-electron chi connectivity index (χ2n) is 6.14. The molecule has 1 fully saturated rings. The highest BCUT2D eigenvalue weighted by Crippen LogP contribution is 2.22. The van der Waals surface area contributed by atoms with E-state index in [1.54, 1.807) is 30.3 Å². The van der Waals surface area contributed by atoms with Crippen molar-refractivity contribution in [3.63, 3.8) is 0 Å². The van der Waals surface area contributed by atoms with E-state index >= 15 is 0 Å². The van der Waals surface area contributed by atoms with Crippen LogP contribution < -0.4 is 15.4 Å². The SMILES string of the molecule is O=C(NCCNc1ncc(Cl)cc1Cl)c1ccc(OCC2CCCO2)cc1. The first kappa shape index (κ1) is 19.7. The van der Waals surface area contributed by atoms with E-state index in [9.17, 15) is 4.79 Å². The number of hydrogen-bond donors (Lipinski definition) is 2. The highest BCUT2D eigenvalue weighted by Gasteiger charge is 2.16. The van der Waals surface area contributed by atoms with Gasteiger partial charge in [-0.3, -0.25) is 4.79 Å². The quantitative estimate of drug-likeness (QED) is 0.648. The summed E-state index contributed by atoms with van der Waals surface area (Å²) in [6.07, 6.45) is 3.80. The Labute approximate surface area is 168 Å². The van der Waals surface area contributed by atoms with Gasteiger partial charge in [-0.25, -0.2) is 4.98 Å². The first-order valence-corrected chi connectivity index (χ1v) is 9.55. The van der Waals surface area contributed by atoms with Gasteiger partial charge in [0.15, 0.2) is 0 Å². The molecule has 6 nitrogen and oxygen atoms in total. The lowest BCUT2D eigenvalue weighted by Gasteiger charge is -2.12. The van der Waals surface area contributed by atoms with Crippen LogP contribution in [0.4, 0.5) is 5.82 Å². The number of amides is 1. The van der Waals surface area contributed by atoms with Gasteiger partial charge in [0.1, 0.15) is 18.2 Å². The molecule has 2 aromatic rings. The molecule has 1 amide bonds. The zero-order valence-corrected chi connectivity index (χ0v) is 16.2. The smallest absolute Gasteiger partial charge is 0.251 e. The minimum absolute atomic E-state index is 0.155. The summed E-state index contributed by atoms with van der Waals surface area (Å²) in [5.74, 6) is 1.10. The normalized spacial score (nSPS) is 16.1. The fourth-order valence-corrected chi connectivity index (χ4v) is 3.12. The van der Waals surface area contributed by atoms with Crippen molar-refractivity contribution in [1.82, 2.24) is 10.3 Å². The molecule has 27 heavy (non-hydrogen) atoms. The topological polar surface area (TPSA) is 72.5 Å². The van der Waals surface area contributed by atoms with Crippen LogP contribution in [0.3, 0.4) is 0 Å². The minimum atomic E-state index is -0.155. The van der Waals surface area contributed by atoms with Gasteiger partial charge < -0.3 is 20.1 Å². The van der Waals surface area contributed by atoms with Crippen molar-refractivity contribution in [2.45, 2.75) is 18.9 Å². The van der Waals surface area contributed by atoms with Crippen LogP contribution in [0.2, 0.25) is 10.0 Å². The number of hydrogen-bond acceptors (Lipinski definition) is 5. The first-order chi connectivity index (χ1) is 13.1. The molecule has 1 aromatic carbocycles. The number of aromatic nitrogens is 1. The lowest BCUT2D eigenvalue weighted by molar-refractivity contribution is 0.0679. The average molecular weight is 410 g/mol. The standard InChI is InChI=1S/C19H21Cl2N3O3/c20-14-10-17(21)18(24-11-14)22-7-8-23-19(25)13-3-5-15(6-4-13)27-12-16-2-1-9-26-16/h3-6,10-11,16H,1-2,7-9,12H2,(H,22,24)(H,23,25). The molecule has 1 unspecified atom stereocenters. The van der Waals surface area contributed by atoms with Crippen molar-refractivity contribution in [2.24, 2.45) is 0 Å². The third-order valence-corrected chi connectivity index (χ3v) is 4.58. The van der Waals surface area contributed by atoms with E-state index in [0.29, 0.717) is 41.1 Å². The molecule has 1 aliphatic heterocycles. The average Bonchev–Trinajstić information content (AvgIpc) is 3.19. The Balaban J connectivity index is 1.39. The van der Waals surface area contributed by atoms with E-state index in [1.165, 1.54) is 6.20 Å². The van der Waals surface area contributed by atoms with Crippen LogP contribution >= 0.6 is 23.2 Å². The van der Waals surface area contributed by atoms with Crippen molar-refractivity contribution in [3.8, 4) is 5.75 Å². The summed E-state index contributed by atoms with van der Waals surface area (Å²) in [5, 5.41) is 6.80. The molecule has 144 valence electrons. The summed E-state index contributed by atoms with van der Waals surface area (Å²) in [5.41, 5.74) is 0.571. The van der Waals surface area contributed by atoms with Crippen LogP contribution in [0.1, 0.15) is 23.2 Å². The van der Waals surface area contributed by atoms with Gasteiger partial charge in [-0.05, 0) is 43.2 Å². The molecule has 2 N–H and O–H groups in total. The molecule has 0 bridgehead atoms. The number of nitrogens with zero attached hydrogens (tertiary/aromatic N) is 1. The first-order valence-electron chi connectivity index (χ1n) is 8.79. The molecule has 1 saturated heterocycles. The van der Waals surface area contributed by atoms with Crippen LogP contribution in [0.25, 0.3) is 0 Å². The molecule has 8 heteroatoms. The number of halogens is 2. The van der Waals surface area contributed by atoms with Gasteiger partial charge in [0, 0.05) is 31.5 Å². The molecule has 1 aromatic heterocycles. The van der Waals surface area contributed by atoms with Crippen molar-refractivity contribution < 1.29 is 14.3 Å². The largest absolute Gasteiger partial charge is 0.491 e. The Kier molecular flexibility index (Phi) is 7.15. The summed E-state index contributed by atoms with van der Waals surface area (Å²) in [6.45, 7) is 2.26. The predicted octanol–water partition coefficient (Wildman–Crippen LogP) is 3.79. The second kappa shape index (κ2) is 9.78. The Morgan fingerprint density at radius 3 is 2.78 bits per heavy atom. The molecule has 0 spiro atoms. The summed E-state index contributed by atoms with van der Waals surface area (Å²) >= 11 is 11.8. The zero-order chi connectivity index (χ0) is 19.1. The maximum absolute atomic E-state index is 12.2. The third kappa shape index (κ3) is 5.99. The number of pyridine rings is 1. The number of benzene rings is 1. The molecule has 0 aliphatic carbocycles. The van der Waals surface area contributed by atoms with Crippen LogP contribution in [-0.4, -0.2) is 43.3 Å². The van der Waals surface area contributed by atoms with Gasteiger partial charge in [-0.15, -0.1) is 0 Å². The Morgan fingerprint density at radius 1 is 1.26 bits per heavy atom. The molecular formula is C19H21Cl2N3O3. The number of rotatable bonds is 8. The van der Waals surface area contributed by atoms with E-state index < -0.39 is 0 Å². The van der Waals surface area contributed by atoms with Gasteiger partial charge in [0.25, 0.3) is 5.91 Å². The molecule has 1 atom stereocenters. The second-order valence-corrected chi connectivity index (χ2v) is 6.98. The predicted molar refractivity (Wildman–Crippen MR) is 106 cm³/mol. The maximum atomic E-state index is 12.2. The van der Waals surface area contributed by atoms with Gasteiger partial charge in [-0.2, -0.15) is 0 Å². The monoisotopic (exact) mass is 409 g/mol. The maximum Gasteiger partial charge on any atom is 0.251 e. The van der Waals surface area contributed by atoms with Gasteiger partial charge >= 0.3 is 0 Å². The Bertz CT molecular complexity index is 765. The molecule has 1 aliphatic rings. The van der Waals surface area contributed by atoms with E-state index in [1.807, 2.05) is 0 Å². The summed E-state index contributed by atoms with van der Waals surface area (Å²) in [7, 11) is 0. The van der Waals surface area contributed by atoms with Crippen molar-refractivity contribution >= 4 is 34.9 Å². The Hall–Kier alpha value is -2.02. The zero-order valence-electron chi connectivity index (χ0n) is 14.7. The number of carbonyl (C=O) groups is 1. The molecule has 3 rings (SSSR count). The molecule has 0 saturated carbocycles. The van der Waals surface area contributed by atoms with E-state index in [0.717, 1.165) is 25.2 Å². The minimum Gasteiger partial charge on any atom is -0.491 e. The van der Waals surface area contributed by atoms with Gasteiger partial charge in [-0.1, -0.05) is 23.2 Å². The number of carbonyl (C=O) groups excluding carboxylic acids is 1. The van der Waals surface area contributed by atoms with Gasteiger partial charge in [0.05, 0.1) is 16.1 Å². The van der Waals surface area contributed by atoms with Crippen LogP contribution in [-0.2, 0) is 4.74 Å². The highest BCUT2D eigenvalue weighted by molar-refractivity contribution is 6.35. The third-order valence-electron chi connectivity index (χ3n) is 4.09. The summed E-state index contributed by atoms with van der Waals surface area (Å²) in [6, 6.07) is 8.68. The number of anilines is 1. The number of ether oxygens (including phenoxy) is 2. The Morgan fingerprint density at radius 2 is 2.07 bits per heavy atom. The fraction of sp³-hybridized carbons (Fsp3) is 0.368. The van der Waals surface area contributed by atoms with E-state index in [4.69, 9.17) is 32.7 Å².